The first-order chi connectivity index (χ1) is 16.8. The van der Waals surface area contributed by atoms with E-state index >= 15 is 4.39 Å². The normalized spacial score (nSPS) is 26.0. The average molecular weight is 498 g/mol. The quantitative estimate of drug-likeness (QED) is 0.500. The molecule has 35 heavy (non-hydrogen) atoms. The molecular weight excluding hydrogens is 469 g/mol. The molecule has 11 heteroatoms. The number of anilines is 2. The number of hydrogen-bond donors (Lipinski definition) is 3. The first-order valence-corrected chi connectivity index (χ1v) is 12.7. The number of amides is 1. The molecule has 3 aromatic rings. The molecule has 5 heterocycles. The van der Waals surface area contributed by atoms with Crippen LogP contribution in [0.4, 0.5) is 15.9 Å². The summed E-state index contributed by atoms with van der Waals surface area (Å²) in [6, 6.07) is 1.38. The van der Waals surface area contributed by atoms with Gasteiger partial charge in [0.2, 0.25) is 0 Å². The predicted molar refractivity (Wildman–Crippen MR) is 132 cm³/mol. The van der Waals surface area contributed by atoms with Gasteiger partial charge in [-0.1, -0.05) is 0 Å². The first-order valence-electron chi connectivity index (χ1n) is 11.9. The van der Waals surface area contributed by atoms with Gasteiger partial charge in [-0.25, -0.2) is 19.3 Å². The Hall–Kier alpha value is -2.89. The summed E-state index contributed by atoms with van der Waals surface area (Å²) < 4.78 is 20.8. The molecular formula is C24H28FN7O2S. The number of aryl methyl sites for hydroxylation is 2. The van der Waals surface area contributed by atoms with Crippen LogP contribution < -0.4 is 21.7 Å². The Kier molecular flexibility index (Phi) is 5.39. The summed E-state index contributed by atoms with van der Waals surface area (Å²) in [6.07, 6.45) is 4.43. The molecule has 3 atom stereocenters. The van der Waals surface area contributed by atoms with Crippen LogP contribution in [0.1, 0.15) is 39.5 Å². The molecule has 184 valence electrons. The fraction of sp³-hybridized carbons (Fsp3) is 0.500. The second-order valence-corrected chi connectivity index (χ2v) is 11.0. The van der Waals surface area contributed by atoms with Gasteiger partial charge in [0.15, 0.2) is 11.6 Å². The zero-order chi connectivity index (χ0) is 24.3. The third-order valence-electron chi connectivity index (χ3n) is 7.57. The molecule has 5 N–H and O–H groups in total. The lowest BCUT2D eigenvalue weighted by atomic mass is 9.83. The molecule has 0 bridgehead atoms. The number of ether oxygens (including phenoxy) is 1. The SMILES string of the molecule is Cc1cnc2c(N)c(C(=O)NC3CCc4nc(N5CC(N)C6(CCOC6)C5)c(F)cc4C3)sc2n1. The Labute approximate surface area is 206 Å². The minimum Gasteiger partial charge on any atom is -0.396 e. The van der Waals surface area contributed by atoms with Gasteiger partial charge >= 0.3 is 0 Å². The highest BCUT2D eigenvalue weighted by Crippen LogP contribution is 2.40. The van der Waals surface area contributed by atoms with E-state index in [1.165, 1.54) is 11.3 Å². The summed E-state index contributed by atoms with van der Waals surface area (Å²) in [4.78, 5) is 29.5. The van der Waals surface area contributed by atoms with Gasteiger partial charge in [-0.3, -0.25) is 4.79 Å². The van der Waals surface area contributed by atoms with Crippen molar-refractivity contribution in [2.75, 3.05) is 36.9 Å². The molecule has 1 aliphatic carbocycles. The van der Waals surface area contributed by atoms with Crippen LogP contribution in [0, 0.1) is 18.2 Å². The van der Waals surface area contributed by atoms with Crippen LogP contribution in [0.25, 0.3) is 10.3 Å². The molecule has 6 rings (SSSR count). The summed E-state index contributed by atoms with van der Waals surface area (Å²) in [5, 5.41) is 3.07. The summed E-state index contributed by atoms with van der Waals surface area (Å²) in [7, 11) is 0. The highest BCUT2D eigenvalue weighted by molar-refractivity contribution is 7.21. The lowest BCUT2D eigenvalue weighted by molar-refractivity contribution is 0.0938. The second-order valence-electron chi connectivity index (χ2n) is 9.97. The van der Waals surface area contributed by atoms with Crippen molar-refractivity contribution in [1.29, 1.82) is 0 Å². The fourth-order valence-electron chi connectivity index (χ4n) is 5.55. The number of hydrogen-bond acceptors (Lipinski definition) is 9. The zero-order valence-corrected chi connectivity index (χ0v) is 20.3. The van der Waals surface area contributed by atoms with Gasteiger partial charge in [0.25, 0.3) is 5.91 Å². The number of nitrogen functional groups attached to an aromatic ring is 1. The largest absolute Gasteiger partial charge is 0.396 e. The van der Waals surface area contributed by atoms with E-state index in [0.717, 1.165) is 23.4 Å². The van der Waals surface area contributed by atoms with Crippen molar-refractivity contribution >= 4 is 39.1 Å². The van der Waals surface area contributed by atoms with E-state index in [1.54, 1.807) is 12.3 Å². The molecule has 3 unspecified atom stereocenters. The number of halogens is 1. The third kappa shape index (κ3) is 3.82. The van der Waals surface area contributed by atoms with E-state index < -0.39 is 0 Å². The molecule has 0 saturated carbocycles. The lowest BCUT2D eigenvalue weighted by Gasteiger charge is -2.28. The van der Waals surface area contributed by atoms with E-state index in [2.05, 4.69) is 15.3 Å². The van der Waals surface area contributed by atoms with Gasteiger partial charge in [0.1, 0.15) is 15.2 Å². The summed E-state index contributed by atoms with van der Waals surface area (Å²) in [5.41, 5.74) is 15.9. The minimum atomic E-state index is -0.347. The molecule has 1 amide bonds. The molecule has 0 aromatic carbocycles. The van der Waals surface area contributed by atoms with Crippen molar-refractivity contribution in [2.24, 2.45) is 11.1 Å². The molecule has 9 nitrogen and oxygen atoms in total. The summed E-state index contributed by atoms with van der Waals surface area (Å²) in [5.74, 6) is -0.224. The Morgan fingerprint density at radius 1 is 1.40 bits per heavy atom. The number of pyridine rings is 1. The van der Waals surface area contributed by atoms with Crippen LogP contribution in [-0.2, 0) is 17.6 Å². The minimum absolute atomic E-state index is 0.0579. The number of nitrogens with one attached hydrogen (secondary N) is 1. The van der Waals surface area contributed by atoms with Crippen LogP contribution in [0.5, 0.6) is 0 Å². The number of thiophene rings is 1. The molecule has 0 radical (unpaired) electrons. The van der Waals surface area contributed by atoms with E-state index in [0.29, 0.717) is 72.3 Å². The number of nitrogens with zero attached hydrogens (tertiary/aromatic N) is 4. The number of nitrogens with two attached hydrogens (primary N) is 2. The third-order valence-corrected chi connectivity index (χ3v) is 8.65. The maximum atomic E-state index is 15.2. The predicted octanol–water partition coefficient (Wildman–Crippen LogP) is 1.96. The number of rotatable bonds is 3. The second kappa shape index (κ2) is 8.35. The smallest absolute Gasteiger partial charge is 0.263 e. The summed E-state index contributed by atoms with van der Waals surface area (Å²) >= 11 is 1.24. The highest BCUT2D eigenvalue weighted by Gasteiger charge is 2.48. The van der Waals surface area contributed by atoms with Crippen molar-refractivity contribution in [3.63, 3.8) is 0 Å². The van der Waals surface area contributed by atoms with Crippen LogP contribution in [0.3, 0.4) is 0 Å². The van der Waals surface area contributed by atoms with E-state index in [9.17, 15) is 4.79 Å². The Balaban J connectivity index is 1.18. The van der Waals surface area contributed by atoms with Crippen LogP contribution in [0.2, 0.25) is 0 Å². The molecule has 2 fully saturated rings. The molecule has 1 spiro atoms. The summed E-state index contributed by atoms with van der Waals surface area (Å²) in [6.45, 7) is 4.41. The van der Waals surface area contributed by atoms with Crippen molar-refractivity contribution in [2.45, 2.75) is 44.7 Å². The van der Waals surface area contributed by atoms with Crippen molar-refractivity contribution in [1.82, 2.24) is 20.3 Å². The molecule has 3 aromatic heterocycles. The van der Waals surface area contributed by atoms with E-state index in [4.69, 9.17) is 21.2 Å². The van der Waals surface area contributed by atoms with Gasteiger partial charge in [-0.2, -0.15) is 0 Å². The average Bonchev–Trinajstić information content (AvgIpc) is 3.52. The number of fused-ring (bicyclic) bond motifs is 2. The maximum Gasteiger partial charge on any atom is 0.263 e. The van der Waals surface area contributed by atoms with Gasteiger partial charge in [0.05, 0.1) is 18.0 Å². The van der Waals surface area contributed by atoms with E-state index in [-0.39, 0.29) is 29.2 Å². The highest BCUT2D eigenvalue weighted by atomic mass is 32.1. The maximum absolute atomic E-state index is 15.2. The Bertz CT molecular complexity index is 1320. The fourth-order valence-corrected chi connectivity index (χ4v) is 6.56. The van der Waals surface area contributed by atoms with Gasteiger partial charge < -0.3 is 26.4 Å². The monoisotopic (exact) mass is 497 g/mol. The number of carbonyl (C=O) groups excluding carboxylic acids is 1. The molecule has 2 aliphatic heterocycles. The van der Waals surface area contributed by atoms with Crippen molar-refractivity contribution < 1.29 is 13.9 Å². The zero-order valence-electron chi connectivity index (χ0n) is 19.5. The molecule has 2 saturated heterocycles. The Morgan fingerprint density at radius 3 is 3.06 bits per heavy atom. The lowest BCUT2D eigenvalue weighted by Crippen LogP contribution is -2.40. The molecule has 3 aliphatic rings. The first kappa shape index (κ1) is 22.6. The van der Waals surface area contributed by atoms with Crippen LogP contribution in [0.15, 0.2) is 12.3 Å². The Morgan fingerprint density at radius 2 is 2.26 bits per heavy atom. The van der Waals surface area contributed by atoms with Gasteiger partial charge in [-0.15, -0.1) is 11.3 Å². The van der Waals surface area contributed by atoms with Crippen LogP contribution >= 0.6 is 11.3 Å². The topological polar surface area (TPSA) is 132 Å². The van der Waals surface area contributed by atoms with Gasteiger partial charge in [-0.05, 0) is 44.2 Å². The van der Waals surface area contributed by atoms with Gasteiger partial charge in [0, 0.05) is 49.1 Å². The number of aromatic nitrogens is 3. The van der Waals surface area contributed by atoms with Crippen LogP contribution in [-0.4, -0.2) is 59.2 Å². The van der Waals surface area contributed by atoms with Crippen molar-refractivity contribution in [3.8, 4) is 0 Å². The van der Waals surface area contributed by atoms with Crippen molar-refractivity contribution in [3.05, 3.63) is 39.9 Å². The standard InChI is InChI=1S/C24H28FN7O2S/c1-12-8-28-19-18(27)20(35-23(19)29-12)22(33)30-14-2-3-16-13(6-14)7-15(25)21(31-16)32-9-17(26)24(10-32)4-5-34-11-24/h7-8,14,17H,2-6,9-11,26-27H2,1H3,(H,30,33). The van der Waals surface area contributed by atoms with E-state index in [1.807, 2.05) is 11.8 Å². The number of carbonyl (C=O) groups is 1.